The van der Waals surface area contributed by atoms with Crippen molar-refractivity contribution < 1.29 is 22.3 Å². The van der Waals surface area contributed by atoms with Crippen LogP contribution in [0.5, 0.6) is 5.88 Å². The lowest BCUT2D eigenvalue weighted by molar-refractivity contribution is -0.118. The third-order valence-electron chi connectivity index (χ3n) is 3.51. The van der Waals surface area contributed by atoms with Gasteiger partial charge in [-0.15, -0.1) is 0 Å². The predicted octanol–water partition coefficient (Wildman–Crippen LogP) is 1.77. The maximum Gasteiger partial charge on any atom is 0.235 e. The zero-order valence-corrected chi connectivity index (χ0v) is 14.8. The van der Waals surface area contributed by atoms with Crippen molar-refractivity contribution in [1.82, 2.24) is 10.3 Å². The first-order valence-corrected chi connectivity index (χ1v) is 9.33. The Morgan fingerprint density at radius 1 is 1.20 bits per heavy atom. The molecule has 0 unspecified atom stereocenters. The molecule has 0 bridgehead atoms. The molecule has 8 heteroatoms. The Bertz CT molecular complexity index is 851. The Kier molecular flexibility index (Phi) is 6.08. The first-order valence-electron chi connectivity index (χ1n) is 7.51. The van der Waals surface area contributed by atoms with Gasteiger partial charge in [-0.2, -0.15) is 0 Å². The number of carbonyl (C=O) groups is 1. The van der Waals surface area contributed by atoms with Gasteiger partial charge in [-0.05, 0) is 30.2 Å². The Balaban J connectivity index is 1.93. The molecule has 6 nitrogen and oxygen atoms in total. The number of hydrogen-bond acceptors (Lipinski definition) is 5. The molecule has 0 aliphatic heterocycles. The molecule has 1 aromatic heterocycles. The predicted molar refractivity (Wildman–Crippen MR) is 91.3 cm³/mol. The van der Waals surface area contributed by atoms with Crippen LogP contribution in [0, 0.1) is 12.7 Å². The lowest BCUT2D eigenvalue weighted by Crippen LogP contribution is -2.30. The summed E-state index contributed by atoms with van der Waals surface area (Å²) >= 11 is 0. The highest BCUT2D eigenvalue weighted by atomic mass is 32.2. The lowest BCUT2D eigenvalue weighted by atomic mass is 10.2. The molecule has 0 spiro atoms. The molecule has 0 aliphatic carbocycles. The SMILES string of the molecule is COc1ccc(CS(=O)(=O)CC(=O)NCc2ccc(F)cc2)c(C)n1. The van der Waals surface area contributed by atoms with Crippen LogP contribution < -0.4 is 10.1 Å². The molecule has 25 heavy (non-hydrogen) atoms. The first-order chi connectivity index (χ1) is 11.8. The van der Waals surface area contributed by atoms with Crippen molar-refractivity contribution in [3.8, 4) is 5.88 Å². The van der Waals surface area contributed by atoms with E-state index in [4.69, 9.17) is 4.74 Å². The summed E-state index contributed by atoms with van der Waals surface area (Å²) < 4.78 is 42.2. The second-order valence-electron chi connectivity index (χ2n) is 5.53. The van der Waals surface area contributed by atoms with Crippen molar-refractivity contribution in [2.24, 2.45) is 0 Å². The molecule has 1 N–H and O–H groups in total. The average Bonchev–Trinajstić information content (AvgIpc) is 2.55. The number of pyridine rings is 1. The van der Waals surface area contributed by atoms with Gasteiger partial charge in [-0.1, -0.05) is 18.2 Å². The fourth-order valence-electron chi connectivity index (χ4n) is 2.17. The molecular formula is C17H19FN2O4S. The number of ether oxygens (including phenoxy) is 1. The van der Waals surface area contributed by atoms with Crippen LogP contribution in [0.4, 0.5) is 4.39 Å². The summed E-state index contributed by atoms with van der Waals surface area (Å²) in [5.74, 6) is -1.49. The maximum atomic E-state index is 12.8. The molecule has 0 aliphatic rings. The molecule has 134 valence electrons. The van der Waals surface area contributed by atoms with E-state index in [1.54, 1.807) is 19.1 Å². The molecular weight excluding hydrogens is 347 g/mol. The number of rotatable bonds is 7. The van der Waals surface area contributed by atoms with Crippen LogP contribution in [0.1, 0.15) is 16.8 Å². The number of nitrogens with one attached hydrogen (secondary N) is 1. The summed E-state index contributed by atoms with van der Waals surface area (Å²) in [5.41, 5.74) is 1.74. The van der Waals surface area contributed by atoms with E-state index in [9.17, 15) is 17.6 Å². The summed E-state index contributed by atoms with van der Waals surface area (Å²) in [6.07, 6.45) is 0. The summed E-state index contributed by atoms with van der Waals surface area (Å²) in [6.45, 7) is 1.82. The van der Waals surface area contributed by atoms with E-state index in [1.165, 1.54) is 31.4 Å². The highest BCUT2D eigenvalue weighted by Crippen LogP contribution is 2.15. The molecule has 2 aromatic rings. The van der Waals surface area contributed by atoms with Gasteiger partial charge in [-0.3, -0.25) is 4.79 Å². The molecule has 0 atom stereocenters. The second-order valence-corrected chi connectivity index (χ2v) is 7.60. The van der Waals surface area contributed by atoms with Crippen LogP contribution in [0.15, 0.2) is 36.4 Å². The fraction of sp³-hybridized carbons (Fsp3) is 0.294. The third kappa shape index (κ3) is 5.82. The van der Waals surface area contributed by atoms with Gasteiger partial charge in [0.1, 0.15) is 11.6 Å². The van der Waals surface area contributed by atoms with Gasteiger partial charge in [0, 0.05) is 18.3 Å². The van der Waals surface area contributed by atoms with Crippen LogP contribution in [0.3, 0.4) is 0 Å². The number of hydrogen-bond donors (Lipinski definition) is 1. The van der Waals surface area contributed by atoms with Crippen molar-refractivity contribution in [2.75, 3.05) is 12.9 Å². The number of benzene rings is 1. The van der Waals surface area contributed by atoms with Gasteiger partial charge in [0.05, 0.1) is 12.9 Å². The largest absolute Gasteiger partial charge is 0.481 e. The molecule has 1 heterocycles. The van der Waals surface area contributed by atoms with Crippen LogP contribution in [0.2, 0.25) is 0 Å². The molecule has 1 amide bonds. The number of sulfone groups is 1. The van der Waals surface area contributed by atoms with E-state index in [0.29, 0.717) is 22.7 Å². The minimum absolute atomic E-state index is 0.137. The standard InChI is InChI=1S/C17H19FN2O4S/c1-12-14(5-8-17(20-12)24-2)10-25(22,23)11-16(21)19-9-13-3-6-15(18)7-4-13/h3-8H,9-11H2,1-2H3,(H,19,21). The van der Waals surface area contributed by atoms with E-state index >= 15 is 0 Å². The lowest BCUT2D eigenvalue weighted by Gasteiger charge is -2.09. The van der Waals surface area contributed by atoms with Gasteiger partial charge in [0.2, 0.25) is 11.8 Å². The van der Waals surface area contributed by atoms with E-state index in [1.807, 2.05) is 0 Å². The first kappa shape index (κ1) is 18.9. The minimum Gasteiger partial charge on any atom is -0.481 e. The van der Waals surface area contributed by atoms with Crippen molar-refractivity contribution in [1.29, 1.82) is 0 Å². The number of nitrogens with zero attached hydrogens (tertiary/aromatic N) is 1. The van der Waals surface area contributed by atoms with E-state index in [2.05, 4.69) is 10.3 Å². The van der Waals surface area contributed by atoms with Crippen LogP contribution >= 0.6 is 0 Å². The van der Waals surface area contributed by atoms with E-state index in [0.717, 1.165) is 0 Å². The van der Waals surface area contributed by atoms with Gasteiger partial charge < -0.3 is 10.1 Å². The fourth-order valence-corrected chi connectivity index (χ4v) is 3.56. The van der Waals surface area contributed by atoms with Gasteiger partial charge in [0.25, 0.3) is 0 Å². The monoisotopic (exact) mass is 366 g/mol. The van der Waals surface area contributed by atoms with Crippen molar-refractivity contribution in [3.05, 3.63) is 59.0 Å². The number of amides is 1. The van der Waals surface area contributed by atoms with Crippen LogP contribution in [0.25, 0.3) is 0 Å². The molecule has 0 saturated carbocycles. The quantitative estimate of drug-likeness (QED) is 0.807. The summed E-state index contributed by atoms with van der Waals surface area (Å²) in [4.78, 5) is 16.0. The molecule has 0 saturated heterocycles. The highest BCUT2D eigenvalue weighted by Gasteiger charge is 2.19. The minimum atomic E-state index is -3.64. The molecule has 1 aromatic carbocycles. The Morgan fingerprint density at radius 3 is 2.48 bits per heavy atom. The van der Waals surface area contributed by atoms with Gasteiger partial charge in [0.15, 0.2) is 9.84 Å². The number of methoxy groups -OCH3 is 1. The second kappa shape index (κ2) is 8.06. The number of aryl methyl sites for hydroxylation is 1. The van der Waals surface area contributed by atoms with E-state index in [-0.39, 0.29) is 18.1 Å². The molecule has 0 fully saturated rings. The van der Waals surface area contributed by atoms with Crippen molar-refractivity contribution in [3.63, 3.8) is 0 Å². The summed E-state index contributed by atoms with van der Waals surface area (Å²) in [5, 5.41) is 2.52. The number of carbonyl (C=O) groups excluding carboxylic acids is 1. The highest BCUT2D eigenvalue weighted by molar-refractivity contribution is 7.91. The van der Waals surface area contributed by atoms with Crippen molar-refractivity contribution >= 4 is 15.7 Å². The summed E-state index contributed by atoms with van der Waals surface area (Å²) in [6, 6.07) is 8.80. The Labute approximate surface area is 146 Å². The van der Waals surface area contributed by atoms with Crippen LogP contribution in [-0.2, 0) is 26.9 Å². The number of aromatic nitrogens is 1. The zero-order valence-electron chi connectivity index (χ0n) is 14.0. The van der Waals surface area contributed by atoms with Gasteiger partial charge in [-0.25, -0.2) is 17.8 Å². The topological polar surface area (TPSA) is 85.4 Å². The summed E-state index contributed by atoms with van der Waals surface area (Å²) in [7, 11) is -2.16. The Hall–Kier alpha value is -2.48. The zero-order chi connectivity index (χ0) is 18.4. The molecule has 0 radical (unpaired) electrons. The third-order valence-corrected chi connectivity index (χ3v) is 4.96. The van der Waals surface area contributed by atoms with Gasteiger partial charge >= 0.3 is 0 Å². The smallest absolute Gasteiger partial charge is 0.235 e. The molecule has 2 rings (SSSR count). The number of halogens is 1. The van der Waals surface area contributed by atoms with E-state index < -0.39 is 21.5 Å². The van der Waals surface area contributed by atoms with Crippen molar-refractivity contribution in [2.45, 2.75) is 19.2 Å². The maximum absolute atomic E-state index is 12.8. The van der Waals surface area contributed by atoms with Crippen LogP contribution in [-0.4, -0.2) is 32.2 Å². The average molecular weight is 366 g/mol. The Morgan fingerprint density at radius 2 is 1.88 bits per heavy atom. The normalized spacial score (nSPS) is 11.2.